The third-order valence-corrected chi connectivity index (χ3v) is 3.42. The second-order valence-electron chi connectivity index (χ2n) is 5.78. The zero-order valence-electron chi connectivity index (χ0n) is 15.1. The highest BCUT2D eigenvalue weighted by molar-refractivity contribution is 5.83. The van der Waals surface area contributed by atoms with Crippen LogP contribution in [0.1, 0.15) is 65.9 Å². The van der Waals surface area contributed by atoms with E-state index in [-0.39, 0.29) is 17.4 Å². The number of amides is 1. The topological polar surface area (TPSA) is 38.3 Å². The predicted octanol–water partition coefficient (Wildman–Crippen LogP) is 4.53. The lowest BCUT2D eigenvalue weighted by Crippen LogP contribution is -2.34. The minimum absolute atomic E-state index is 0.0718. The summed E-state index contributed by atoms with van der Waals surface area (Å²) in [4.78, 5) is 12.1. The third-order valence-electron chi connectivity index (χ3n) is 3.42. The molecule has 0 spiro atoms. The van der Waals surface area contributed by atoms with E-state index in [0.29, 0.717) is 6.54 Å². The SMILES string of the molecule is CC.CCCOC(C)(C)CCNC(=O)C(C)c1ccccc1. The molecule has 0 saturated heterocycles. The molecule has 22 heavy (non-hydrogen) atoms. The van der Waals surface area contributed by atoms with E-state index in [4.69, 9.17) is 4.74 Å². The number of benzene rings is 1. The van der Waals surface area contributed by atoms with E-state index in [9.17, 15) is 4.79 Å². The average Bonchev–Trinajstić information content (AvgIpc) is 2.54. The fraction of sp³-hybridized carbons (Fsp3) is 0.632. The Kier molecular flexibility index (Phi) is 10.6. The molecule has 0 fully saturated rings. The fourth-order valence-corrected chi connectivity index (χ4v) is 1.98. The first-order valence-corrected chi connectivity index (χ1v) is 8.43. The molecule has 1 N–H and O–H groups in total. The van der Waals surface area contributed by atoms with Gasteiger partial charge in [0.25, 0.3) is 0 Å². The van der Waals surface area contributed by atoms with Crippen LogP contribution in [0.5, 0.6) is 0 Å². The molecule has 0 aliphatic heterocycles. The number of rotatable bonds is 8. The average molecular weight is 307 g/mol. The van der Waals surface area contributed by atoms with Crippen molar-refractivity contribution >= 4 is 5.91 Å². The van der Waals surface area contributed by atoms with Crippen molar-refractivity contribution in [2.75, 3.05) is 13.2 Å². The Morgan fingerprint density at radius 2 is 1.82 bits per heavy atom. The van der Waals surface area contributed by atoms with Gasteiger partial charge in [-0.15, -0.1) is 0 Å². The van der Waals surface area contributed by atoms with Gasteiger partial charge in [-0.2, -0.15) is 0 Å². The van der Waals surface area contributed by atoms with Crippen molar-refractivity contribution in [2.24, 2.45) is 0 Å². The second kappa shape index (κ2) is 11.2. The molecule has 3 heteroatoms. The Balaban J connectivity index is 0.00000211. The number of carbonyl (C=O) groups excluding carboxylic acids is 1. The molecule has 0 aliphatic carbocycles. The highest BCUT2D eigenvalue weighted by Gasteiger charge is 2.19. The van der Waals surface area contributed by atoms with Crippen molar-refractivity contribution < 1.29 is 9.53 Å². The third kappa shape index (κ3) is 8.18. The summed E-state index contributed by atoms with van der Waals surface area (Å²) in [6, 6.07) is 9.85. The molecule has 0 heterocycles. The lowest BCUT2D eigenvalue weighted by Gasteiger charge is -2.25. The Labute approximate surface area is 136 Å². The molecule has 126 valence electrons. The maximum absolute atomic E-state index is 12.1. The van der Waals surface area contributed by atoms with Gasteiger partial charge in [-0.25, -0.2) is 0 Å². The number of ether oxygens (including phenoxy) is 1. The maximum atomic E-state index is 12.1. The predicted molar refractivity (Wildman–Crippen MR) is 94.2 cm³/mol. The van der Waals surface area contributed by atoms with Crippen LogP contribution in [0.2, 0.25) is 0 Å². The van der Waals surface area contributed by atoms with Gasteiger partial charge >= 0.3 is 0 Å². The van der Waals surface area contributed by atoms with Crippen molar-refractivity contribution in [3.63, 3.8) is 0 Å². The Hall–Kier alpha value is -1.35. The summed E-state index contributed by atoms with van der Waals surface area (Å²) >= 11 is 0. The van der Waals surface area contributed by atoms with Crippen molar-refractivity contribution in [3.05, 3.63) is 35.9 Å². The smallest absolute Gasteiger partial charge is 0.227 e. The molecule has 1 rings (SSSR count). The summed E-state index contributed by atoms with van der Waals surface area (Å²) in [6.07, 6.45) is 1.83. The first-order valence-electron chi connectivity index (χ1n) is 8.43. The maximum Gasteiger partial charge on any atom is 0.227 e. The first kappa shape index (κ1) is 20.6. The monoisotopic (exact) mass is 307 g/mol. The van der Waals surface area contributed by atoms with Gasteiger partial charge in [0.05, 0.1) is 11.5 Å². The number of hydrogen-bond donors (Lipinski definition) is 1. The van der Waals surface area contributed by atoms with Gasteiger partial charge in [0.2, 0.25) is 5.91 Å². The zero-order chi connectivity index (χ0) is 17.0. The van der Waals surface area contributed by atoms with Crippen LogP contribution in [0.3, 0.4) is 0 Å². The summed E-state index contributed by atoms with van der Waals surface area (Å²) in [6.45, 7) is 13.6. The van der Waals surface area contributed by atoms with E-state index in [0.717, 1.165) is 25.0 Å². The van der Waals surface area contributed by atoms with Gasteiger partial charge < -0.3 is 10.1 Å². The van der Waals surface area contributed by atoms with Gasteiger partial charge in [0.1, 0.15) is 0 Å². The molecular weight excluding hydrogens is 274 g/mol. The van der Waals surface area contributed by atoms with Crippen LogP contribution in [0, 0.1) is 0 Å². The molecule has 1 aromatic carbocycles. The van der Waals surface area contributed by atoms with Gasteiger partial charge in [0, 0.05) is 13.2 Å². The number of nitrogens with one attached hydrogen (secondary N) is 1. The van der Waals surface area contributed by atoms with Gasteiger partial charge in [-0.3, -0.25) is 4.79 Å². The lowest BCUT2D eigenvalue weighted by molar-refractivity contribution is -0.122. The van der Waals surface area contributed by atoms with E-state index in [1.165, 1.54) is 0 Å². The minimum Gasteiger partial charge on any atom is -0.376 e. The molecule has 0 aliphatic rings. The Morgan fingerprint density at radius 3 is 2.36 bits per heavy atom. The molecule has 0 aromatic heterocycles. The van der Waals surface area contributed by atoms with Crippen LogP contribution >= 0.6 is 0 Å². The molecule has 0 bridgehead atoms. The van der Waals surface area contributed by atoms with E-state index >= 15 is 0 Å². The second-order valence-corrected chi connectivity index (χ2v) is 5.78. The van der Waals surface area contributed by atoms with Gasteiger partial charge in [-0.1, -0.05) is 51.1 Å². The molecule has 1 unspecified atom stereocenters. The van der Waals surface area contributed by atoms with Crippen LogP contribution in [0.25, 0.3) is 0 Å². The minimum atomic E-state index is -0.181. The lowest BCUT2D eigenvalue weighted by atomic mass is 10.00. The van der Waals surface area contributed by atoms with E-state index in [2.05, 4.69) is 26.1 Å². The van der Waals surface area contributed by atoms with Crippen LogP contribution in [0.4, 0.5) is 0 Å². The van der Waals surface area contributed by atoms with Gasteiger partial charge in [-0.05, 0) is 39.2 Å². The van der Waals surface area contributed by atoms with E-state index in [1.54, 1.807) is 0 Å². The zero-order valence-corrected chi connectivity index (χ0v) is 15.1. The van der Waals surface area contributed by atoms with Crippen molar-refractivity contribution in [1.29, 1.82) is 0 Å². The van der Waals surface area contributed by atoms with Gasteiger partial charge in [0.15, 0.2) is 0 Å². The van der Waals surface area contributed by atoms with Crippen LogP contribution < -0.4 is 5.32 Å². The van der Waals surface area contributed by atoms with Crippen LogP contribution in [0.15, 0.2) is 30.3 Å². The molecule has 3 nitrogen and oxygen atoms in total. The van der Waals surface area contributed by atoms with Crippen molar-refractivity contribution in [3.8, 4) is 0 Å². The summed E-state index contributed by atoms with van der Waals surface area (Å²) < 4.78 is 5.75. The summed E-state index contributed by atoms with van der Waals surface area (Å²) in [7, 11) is 0. The standard InChI is InChI=1S/C17H27NO2.C2H6/c1-5-13-20-17(3,4)11-12-18-16(19)14(2)15-9-7-6-8-10-15;1-2/h6-10,14H,5,11-13H2,1-4H3,(H,18,19);1-2H3. The molecular formula is C19H33NO2. The summed E-state index contributed by atoms with van der Waals surface area (Å²) in [5, 5.41) is 2.99. The molecule has 1 aromatic rings. The van der Waals surface area contributed by atoms with Crippen LogP contribution in [-0.2, 0) is 9.53 Å². The molecule has 1 amide bonds. The van der Waals surface area contributed by atoms with E-state index in [1.807, 2.05) is 51.1 Å². The Morgan fingerprint density at radius 1 is 1.23 bits per heavy atom. The molecule has 0 radical (unpaired) electrons. The highest BCUT2D eigenvalue weighted by atomic mass is 16.5. The molecule has 1 atom stereocenters. The molecule has 0 saturated carbocycles. The highest BCUT2D eigenvalue weighted by Crippen LogP contribution is 2.16. The van der Waals surface area contributed by atoms with E-state index < -0.39 is 0 Å². The quantitative estimate of drug-likeness (QED) is 0.766. The summed E-state index contributed by atoms with van der Waals surface area (Å²) in [5.74, 6) is -0.0432. The van der Waals surface area contributed by atoms with Crippen LogP contribution in [-0.4, -0.2) is 24.7 Å². The van der Waals surface area contributed by atoms with Crippen molar-refractivity contribution in [2.45, 2.75) is 65.9 Å². The number of hydrogen-bond acceptors (Lipinski definition) is 2. The largest absolute Gasteiger partial charge is 0.376 e. The Bertz CT molecular complexity index is 401. The fourth-order valence-electron chi connectivity index (χ4n) is 1.98. The number of carbonyl (C=O) groups is 1. The first-order chi connectivity index (χ1) is 10.5. The van der Waals surface area contributed by atoms with Crippen molar-refractivity contribution in [1.82, 2.24) is 5.32 Å². The summed E-state index contributed by atoms with van der Waals surface area (Å²) in [5.41, 5.74) is 0.866. The normalized spacial score (nSPS) is 12.1.